The minimum absolute atomic E-state index is 0.00823. The van der Waals surface area contributed by atoms with E-state index in [2.05, 4.69) is 38.4 Å². The molecule has 1 aliphatic heterocycles. The lowest BCUT2D eigenvalue weighted by atomic mass is 9.97. The Bertz CT molecular complexity index is 839. The van der Waals surface area contributed by atoms with Crippen molar-refractivity contribution in [1.82, 2.24) is 15.1 Å². The predicted molar refractivity (Wildman–Crippen MR) is 120 cm³/mol. The van der Waals surface area contributed by atoms with Crippen molar-refractivity contribution in [1.29, 1.82) is 0 Å². The molecule has 1 aromatic carbocycles. The van der Waals surface area contributed by atoms with Crippen LogP contribution in [-0.2, 0) is 9.59 Å². The Morgan fingerprint density at radius 1 is 1.28 bits per heavy atom. The van der Waals surface area contributed by atoms with Gasteiger partial charge in [-0.3, -0.25) is 14.9 Å². The quantitative estimate of drug-likeness (QED) is 0.571. The number of hydrogen-bond donors (Lipinski definition) is 1. The van der Waals surface area contributed by atoms with Crippen LogP contribution in [0.15, 0.2) is 28.7 Å². The van der Waals surface area contributed by atoms with E-state index in [0.29, 0.717) is 18.1 Å². The average Bonchev–Trinajstić information content (AvgIpc) is 3.38. The summed E-state index contributed by atoms with van der Waals surface area (Å²) < 4.78 is 0.995. The largest absolute Gasteiger partial charge is 0.330 e. The molecule has 1 fully saturated rings. The van der Waals surface area contributed by atoms with Gasteiger partial charge in [0.1, 0.15) is 11.0 Å². The fourth-order valence-electron chi connectivity index (χ4n) is 3.66. The number of likely N-dealkylation sites (tertiary alicyclic amines) is 1. The Balaban J connectivity index is 1.65. The maximum absolute atomic E-state index is 13.0. The van der Waals surface area contributed by atoms with E-state index in [0.717, 1.165) is 47.1 Å². The Kier molecular flexibility index (Phi) is 7.77. The molecule has 29 heavy (non-hydrogen) atoms. The van der Waals surface area contributed by atoms with E-state index in [1.807, 2.05) is 31.2 Å². The number of aromatic nitrogens is 2. The van der Waals surface area contributed by atoms with Gasteiger partial charge in [0.25, 0.3) is 0 Å². The van der Waals surface area contributed by atoms with Gasteiger partial charge in [-0.2, -0.15) is 0 Å². The highest BCUT2D eigenvalue weighted by Crippen LogP contribution is 2.29. The molecule has 1 N–H and O–H groups in total. The normalized spacial score (nSPS) is 17.3. The zero-order chi connectivity index (χ0) is 20.8. The zero-order valence-corrected chi connectivity index (χ0v) is 19.3. The maximum Gasteiger partial charge on any atom is 0.249 e. The molecule has 0 bridgehead atoms. The van der Waals surface area contributed by atoms with E-state index in [1.165, 1.54) is 11.3 Å². The van der Waals surface area contributed by atoms with Crippen LogP contribution < -0.4 is 5.32 Å². The first-order valence-corrected chi connectivity index (χ1v) is 11.8. The summed E-state index contributed by atoms with van der Waals surface area (Å²) in [4.78, 5) is 27.6. The molecule has 2 aromatic rings. The van der Waals surface area contributed by atoms with Gasteiger partial charge in [-0.25, -0.2) is 0 Å². The Labute approximate surface area is 184 Å². The molecule has 6 nitrogen and oxygen atoms in total. The van der Waals surface area contributed by atoms with Crippen molar-refractivity contribution in [2.75, 3.05) is 11.9 Å². The van der Waals surface area contributed by atoms with Crippen LogP contribution in [0.3, 0.4) is 0 Å². The molecule has 2 atom stereocenters. The Hall–Kier alpha value is -1.80. The number of halogens is 1. The molecule has 0 radical (unpaired) electrons. The maximum atomic E-state index is 13.0. The first-order chi connectivity index (χ1) is 14.0. The highest BCUT2D eigenvalue weighted by atomic mass is 79.9. The minimum Gasteiger partial charge on any atom is -0.330 e. The molecule has 2 unspecified atom stereocenters. The molecule has 1 aromatic heterocycles. The summed E-state index contributed by atoms with van der Waals surface area (Å²) in [5, 5.41) is 12.4. The van der Waals surface area contributed by atoms with Crippen LogP contribution in [0.1, 0.15) is 52.4 Å². The van der Waals surface area contributed by atoms with Crippen molar-refractivity contribution < 1.29 is 9.59 Å². The van der Waals surface area contributed by atoms with Crippen LogP contribution in [-0.4, -0.2) is 39.5 Å². The minimum atomic E-state index is -0.418. The summed E-state index contributed by atoms with van der Waals surface area (Å²) in [5.74, 6) is -0.0417. The highest BCUT2D eigenvalue weighted by molar-refractivity contribution is 9.10. The predicted octanol–water partition coefficient (Wildman–Crippen LogP) is 5.11. The number of unbranched alkanes of at least 4 members (excludes halogenated alkanes) is 1. The van der Waals surface area contributed by atoms with E-state index in [1.54, 1.807) is 4.90 Å². The number of amides is 2. The summed E-state index contributed by atoms with van der Waals surface area (Å²) in [6.07, 6.45) is 5.37. The van der Waals surface area contributed by atoms with Crippen LogP contribution in [0.25, 0.3) is 10.6 Å². The SMILES string of the molecule is CCCCC(CC)C(=O)N1CCCC1C(=O)Nc1nnc(-c2ccc(Br)cc2)s1. The van der Waals surface area contributed by atoms with Crippen LogP contribution in [0.2, 0.25) is 0 Å². The first kappa shape index (κ1) is 21.9. The van der Waals surface area contributed by atoms with E-state index < -0.39 is 6.04 Å². The van der Waals surface area contributed by atoms with Gasteiger partial charge in [-0.15, -0.1) is 10.2 Å². The van der Waals surface area contributed by atoms with Crippen LogP contribution >= 0.6 is 27.3 Å². The molecule has 156 valence electrons. The number of rotatable bonds is 8. The fourth-order valence-corrected chi connectivity index (χ4v) is 4.68. The second-order valence-corrected chi connectivity index (χ2v) is 9.24. The lowest BCUT2D eigenvalue weighted by Gasteiger charge is -2.27. The molecule has 2 heterocycles. The van der Waals surface area contributed by atoms with Gasteiger partial charge < -0.3 is 4.90 Å². The lowest BCUT2D eigenvalue weighted by molar-refractivity contribution is -0.140. The standard InChI is InChI=1S/C21H27BrN4O2S/c1-3-5-7-14(4-2)20(28)26-13-6-8-17(26)18(27)23-21-25-24-19(29-21)15-9-11-16(22)12-10-15/h9-12,14,17H,3-8,13H2,1-2H3,(H,23,25,27). The van der Waals surface area contributed by atoms with Crippen molar-refractivity contribution in [2.45, 2.75) is 58.4 Å². The molecular weight excluding hydrogens is 452 g/mol. The van der Waals surface area contributed by atoms with Crippen LogP contribution in [0.4, 0.5) is 5.13 Å². The number of nitrogens with one attached hydrogen (secondary N) is 1. The number of hydrogen-bond acceptors (Lipinski definition) is 5. The van der Waals surface area contributed by atoms with Crippen molar-refractivity contribution in [3.8, 4) is 10.6 Å². The average molecular weight is 479 g/mol. The van der Waals surface area contributed by atoms with Gasteiger partial charge in [0.15, 0.2) is 0 Å². The summed E-state index contributed by atoms with van der Waals surface area (Å²) in [7, 11) is 0. The smallest absolute Gasteiger partial charge is 0.249 e. The fraction of sp³-hybridized carbons (Fsp3) is 0.524. The zero-order valence-electron chi connectivity index (χ0n) is 16.9. The van der Waals surface area contributed by atoms with Crippen molar-refractivity contribution in [3.05, 3.63) is 28.7 Å². The summed E-state index contributed by atoms with van der Waals surface area (Å²) in [6.45, 7) is 4.84. The molecule has 0 spiro atoms. The van der Waals surface area contributed by atoms with Gasteiger partial charge in [0, 0.05) is 22.5 Å². The number of carbonyl (C=O) groups excluding carboxylic acids is 2. The monoisotopic (exact) mass is 478 g/mol. The third-order valence-corrected chi connectivity index (χ3v) is 6.75. The summed E-state index contributed by atoms with van der Waals surface area (Å²) in [5.41, 5.74) is 0.950. The number of nitrogens with zero attached hydrogens (tertiary/aromatic N) is 3. The van der Waals surface area contributed by atoms with E-state index in [9.17, 15) is 9.59 Å². The molecule has 0 aliphatic carbocycles. The van der Waals surface area contributed by atoms with Gasteiger partial charge in [0.05, 0.1) is 0 Å². The third kappa shape index (κ3) is 5.42. The first-order valence-electron chi connectivity index (χ1n) is 10.2. The van der Waals surface area contributed by atoms with Gasteiger partial charge in [-0.1, -0.05) is 66.1 Å². The van der Waals surface area contributed by atoms with Crippen molar-refractivity contribution >= 4 is 44.2 Å². The Morgan fingerprint density at radius 3 is 2.72 bits per heavy atom. The van der Waals surface area contributed by atoms with Gasteiger partial charge >= 0.3 is 0 Å². The van der Waals surface area contributed by atoms with E-state index in [4.69, 9.17) is 0 Å². The molecule has 2 amide bonds. The number of anilines is 1. The highest BCUT2D eigenvalue weighted by Gasteiger charge is 2.36. The van der Waals surface area contributed by atoms with E-state index in [-0.39, 0.29) is 17.7 Å². The third-order valence-electron chi connectivity index (χ3n) is 5.33. The number of benzene rings is 1. The van der Waals surface area contributed by atoms with Crippen LogP contribution in [0.5, 0.6) is 0 Å². The van der Waals surface area contributed by atoms with E-state index >= 15 is 0 Å². The summed E-state index contributed by atoms with van der Waals surface area (Å²) >= 11 is 4.76. The Morgan fingerprint density at radius 2 is 2.03 bits per heavy atom. The summed E-state index contributed by atoms with van der Waals surface area (Å²) in [6, 6.07) is 7.38. The lowest BCUT2D eigenvalue weighted by Crippen LogP contribution is -2.45. The molecule has 1 saturated heterocycles. The molecule has 1 aliphatic rings. The number of carbonyl (C=O) groups is 2. The second-order valence-electron chi connectivity index (χ2n) is 7.35. The van der Waals surface area contributed by atoms with Crippen LogP contribution in [0, 0.1) is 5.92 Å². The topological polar surface area (TPSA) is 75.2 Å². The molecule has 8 heteroatoms. The molecular formula is C21H27BrN4O2S. The molecule has 0 saturated carbocycles. The van der Waals surface area contributed by atoms with Gasteiger partial charge in [0.2, 0.25) is 16.9 Å². The van der Waals surface area contributed by atoms with Crippen molar-refractivity contribution in [2.24, 2.45) is 5.92 Å². The molecule has 3 rings (SSSR count). The van der Waals surface area contributed by atoms with Crippen molar-refractivity contribution in [3.63, 3.8) is 0 Å². The van der Waals surface area contributed by atoms with Gasteiger partial charge in [-0.05, 0) is 37.8 Å². The second kappa shape index (κ2) is 10.3.